The van der Waals surface area contributed by atoms with Crippen LogP contribution in [0.5, 0.6) is 0 Å². The van der Waals surface area contributed by atoms with Crippen molar-refractivity contribution in [3.05, 3.63) is 42.0 Å². The average molecular weight is 583 g/mol. The lowest BCUT2D eigenvalue weighted by molar-refractivity contribution is -0.0471. The number of allylic oxidation sites excluding steroid dienone is 1. The number of fused-ring (bicyclic) bond motifs is 5. The van der Waals surface area contributed by atoms with Gasteiger partial charge in [0, 0.05) is 0 Å². The van der Waals surface area contributed by atoms with Gasteiger partial charge in [-0.1, -0.05) is 57.5 Å². The van der Waals surface area contributed by atoms with Gasteiger partial charge in [-0.05, 0) is 142 Å². The number of sulfone groups is 1. The van der Waals surface area contributed by atoms with Gasteiger partial charge in [0.05, 0.1) is 21.9 Å². The van der Waals surface area contributed by atoms with E-state index in [1.54, 1.807) is 12.1 Å². The molecule has 0 aliphatic heterocycles. The highest BCUT2D eigenvalue weighted by atomic mass is 32.2. The third-order valence-corrected chi connectivity index (χ3v) is 15.6. The van der Waals surface area contributed by atoms with Crippen molar-refractivity contribution in [1.82, 2.24) is 0 Å². The first kappa shape index (κ1) is 29.9. The van der Waals surface area contributed by atoms with Crippen molar-refractivity contribution in [3.8, 4) is 0 Å². The van der Waals surface area contributed by atoms with E-state index >= 15 is 0 Å². The first-order chi connectivity index (χ1) is 19.3. The van der Waals surface area contributed by atoms with Crippen LogP contribution in [0.1, 0.15) is 111 Å². The van der Waals surface area contributed by atoms with Gasteiger partial charge in [-0.2, -0.15) is 0 Å². The molecule has 7 unspecified atom stereocenters. The van der Waals surface area contributed by atoms with Crippen molar-refractivity contribution < 1.29 is 18.6 Å². The summed E-state index contributed by atoms with van der Waals surface area (Å²) in [6, 6.07) is 9.04. The van der Waals surface area contributed by atoms with E-state index in [-0.39, 0.29) is 22.9 Å². The Balaban J connectivity index is 1.28. The zero-order valence-electron chi connectivity index (χ0n) is 25.9. The highest BCUT2D eigenvalue weighted by Crippen LogP contribution is 2.65. The molecule has 0 saturated heterocycles. The molecule has 4 saturated carbocycles. The molecular weight excluding hydrogens is 528 g/mol. The summed E-state index contributed by atoms with van der Waals surface area (Å²) in [5.74, 6) is 3.03. The Morgan fingerprint density at radius 3 is 2.32 bits per heavy atom. The van der Waals surface area contributed by atoms with Crippen LogP contribution in [0, 0.1) is 46.3 Å². The summed E-state index contributed by atoms with van der Waals surface area (Å²) in [6.45, 7) is 9.24. The molecule has 5 aliphatic carbocycles. The molecule has 4 nitrogen and oxygen atoms in total. The predicted molar refractivity (Wildman–Crippen MR) is 165 cm³/mol. The molecule has 0 bridgehead atoms. The Morgan fingerprint density at radius 2 is 1.61 bits per heavy atom. The predicted octanol–water partition coefficient (Wildman–Crippen LogP) is 7.74. The highest BCUT2D eigenvalue weighted by Gasteiger charge is 2.58. The van der Waals surface area contributed by atoms with Gasteiger partial charge < -0.3 is 10.2 Å². The van der Waals surface area contributed by atoms with E-state index in [1.165, 1.54) is 24.8 Å². The van der Waals surface area contributed by atoms with E-state index in [9.17, 15) is 18.6 Å². The smallest absolute Gasteiger partial charge is 0.181 e. The fourth-order valence-corrected chi connectivity index (χ4v) is 12.9. The molecule has 0 spiro atoms. The fourth-order valence-electron chi connectivity index (χ4n) is 10.7. The van der Waals surface area contributed by atoms with Crippen molar-refractivity contribution >= 4 is 9.84 Å². The largest absolute Gasteiger partial charge is 0.393 e. The maximum absolute atomic E-state index is 14.4. The van der Waals surface area contributed by atoms with Crippen LogP contribution in [-0.4, -0.2) is 35.6 Å². The molecule has 6 rings (SSSR count). The summed E-state index contributed by atoms with van der Waals surface area (Å²) in [7, 11) is -3.61. The van der Waals surface area contributed by atoms with E-state index in [0.29, 0.717) is 47.8 Å². The topological polar surface area (TPSA) is 74.6 Å². The van der Waals surface area contributed by atoms with Gasteiger partial charge in [0.25, 0.3) is 0 Å². The van der Waals surface area contributed by atoms with Crippen LogP contribution < -0.4 is 0 Å². The summed E-state index contributed by atoms with van der Waals surface area (Å²) in [6.07, 6.45) is 14.7. The molecule has 228 valence electrons. The SMILES string of the molecule is CC(C(CC1(O)CCC(C)(C)CC1)S(=O)(=O)c1ccccc1)[C@H]1CCC2C3CC=C4C[C@@H](O)CCC4C3CCC21C. The van der Waals surface area contributed by atoms with E-state index in [1.807, 2.05) is 18.2 Å². The highest BCUT2D eigenvalue weighted by molar-refractivity contribution is 7.92. The van der Waals surface area contributed by atoms with Crippen LogP contribution in [0.25, 0.3) is 0 Å². The maximum atomic E-state index is 14.4. The van der Waals surface area contributed by atoms with Gasteiger partial charge in [0.2, 0.25) is 0 Å². The lowest BCUT2D eigenvalue weighted by Gasteiger charge is -2.55. The van der Waals surface area contributed by atoms with Crippen LogP contribution in [0.4, 0.5) is 0 Å². The molecule has 9 atom stereocenters. The maximum Gasteiger partial charge on any atom is 0.181 e. The first-order valence-corrected chi connectivity index (χ1v) is 18.3. The molecule has 5 heteroatoms. The van der Waals surface area contributed by atoms with Gasteiger partial charge in [0.1, 0.15) is 0 Å². The monoisotopic (exact) mass is 582 g/mol. The lowest BCUT2D eigenvalue weighted by atomic mass is 9.51. The molecule has 5 aliphatic rings. The van der Waals surface area contributed by atoms with Gasteiger partial charge >= 0.3 is 0 Å². The number of hydrogen-bond donors (Lipinski definition) is 2. The summed E-state index contributed by atoms with van der Waals surface area (Å²) in [4.78, 5) is 0.407. The minimum Gasteiger partial charge on any atom is -0.393 e. The minimum atomic E-state index is -3.61. The Morgan fingerprint density at radius 1 is 0.902 bits per heavy atom. The van der Waals surface area contributed by atoms with Crippen molar-refractivity contribution in [2.24, 2.45) is 46.3 Å². The first-order valence-electron chi connectivity index (χ1n) is 16.7. The van der Waals surface area contributed by atoms with Crippen molar-refractivity contribution in [2.75, 3.05) is 0 Å². The number of benzene rings is 1. The summed E-state index contributed by atoms with van der Waals surface area (Å²) in [5.41, 5.74) is 0.959. The van der Waals surface area contributed by atoms with Crippen molar-refractivity contribution in [3.63, 3.8) is 0 Å². The summed E-state index contributed by atoms with van der Waals surface area (Å²) < 4.78 is 28.8. The zero-order chi connectivity index (χ0) is 29.2. The third-order valence-electron chi connectivity index (χ3n) is 13.3. The molecule has 0 aromatic heterocycles. The van der Waals surface area contributed by atoms with Crippen LogP contribution >= 0.6 is 0 Å². The second kappa shape index (κ2) is 10.8. The molecule has 4 fully saturated rings. The molecule has 2 N–H and O–H groups in total. The van der Waals surface area contributed by atoms with Gasteiger partial charge in [-0.25, -0.2) is 8.42 Å². The lowest BCUT2D eigenvalue weighted by Crippen LogP contribution is -2.49. The standard InChI is InChI=1S/C36H54O4S/c1-24(33(41(39,40)27-8-6-5-7-9-27)23-36(38)20-18-34(2,3)19-21-36)31-14-15-32-30-12-10-25-22-26(37)11-13-28(25)29(30)16-17-35(31,32)4/h5-10,24,26,28-33,37-38H,11-23H2,1-4H3/t24?,26-,28?,29?,30?,31+,32?,33?,35?/m0/s1. The fraction of sp³-hybridized carbons (Fsp3) is 0.778. The molecular formula is C36H54O4S. The molecule has 1 aromatic carbocycles. The van der Waals surface area contributed by atoms with E-state index < -0.39 is 20.7 Å². The van der Waals surface area contributed by atoms with Crippen LogP contribution in [0.2, 0.25) is 0 Å². The van der Waals surface area contributed by atoms with Crippen LogP contribution in [0.15, 0.2) is 46.9 Å². The van der Waals surface area contributed by atoms with Gasteiger partial charge in [0.15, 0.2) is 9.84 Å². The van der Waals surface area contributed by atoms with Crippen molar-refractivity contribution in [1.29, 1.82) is 0 Å². The second-order valence-electron chi connectivity index (χ2n) is 16.1. The second-order valence-corrected chi connectivity index (χ2v) is 18.2. The Labute approximate surface area is 249 Å². The Bertz CT molecular complexity index is 1230. The number of aliphatic hydroxyl groups is 2. The molecule has 0 amide bonds. The van der Waals surface area contributed by atoms with Gasteiger partial charge in [-0.3, -0.25) is 0 Å². The van der Waals surface area contributed by atoms with Gasteiger partial charge in [-0.15, -0.1) is 0 Å². The molecule has 0 radical (unpaired) electrons. The molecule has 1 aromatic rings. The van der Waals surface area contributed by atoms with E-state index in [4.69, 9.17) is 0 Å². The average Bonchev–Trinajstić information content (AvgIpc) is 3.31. The van der Waals surface area contributed by atoms with E-state index in [2.05, 4.69) is 33.8 Å². The van der Waals surface area contributed by atoms with Crippen LogP contribution in [0.3, 0.4) is 0 Å². The Kier molecular flexibility index (Phi) is 7.85. The van der Waals surface area contributed by atoms with E-state index in [0.717, 1.165) is 50.9 Å². The molecule has 0 heterocycles. The third kappa shape index (κ3) is 5.39. The van der Waals surface area contributed by atoms with Crippen molar-refractivity contribution in [2.45, 2.75) is 133 Å². The normalized spacial score (nSPS) is 39.5. The zero-order valence-corrected chi connectivity index (χ0v) is 26.7. The quantitative estimate of drug-likeness (QED) is 0.337. The summed E-state index contributed by atoms with van der Waals surface area (Å²) >= 11 is 0. The minimum absolute atomic E-state index is 0.00904. The van der Waals surface area contributed by atoms with Crippen LogP contribution in [-0.2, 0) is 9.84 Å². The number of hydrogen-bond acceptors (Lipinski definition) is 4. The number of rotatable bonds is 6. The summed E-state index contributed by atoms with van der Waals surface area (Å²) in [5, 5.41) is 21.6. The Hall–Kier alpha value is -1.17. The molecule has 41 heavy (non-hydrogen) atoms. The number of aliphatic hydroxyl groups excluding tert-OH is 1.